The van der Waals surface area contributed by atoms with Crippen molar-refractivity contribution in [2.24, 2.45) is 0 Å². The molecule has 18 heavy (non-hydrogen) atoms. The zero-order valence-electron chi connectivity index (χ0n) is 9.93. The third-order valence-electron chi connectivity index (χ3n) is 2.87. The Morgan fingerprint density at radius 2 is 2.00 bits per heavy atom. The molecule has 0 aromatic heterocycles. The molecule has 1 aliphatic heterocycles. The first kappa shape index (κ1) is 12.2. The van der Waals surface area contributed by atoms with E-state index in [1.807, 2.05) is 25.1 Å². The van der Waals surface area contributed by atoms with Gasteiger partial charge in [0.2, 0.25) is 0 Å². The third kappa shape index (κ3) is 2.20. The van der Waals surface area contributed by atoms with Crippen LogP contribution in [0.5, 0.6) is 0 Å². The van der Waals surface area contributed by atoms with E-state index in [-0.39, 0.29) is 11.6 Å². The molecule has 94 valence electrons. The van der Waals surface area contributed by atoms with Gasteiger partial charge in [0.1, 0.15) is 0 Å². The van der Waals surface area contributed by atoms with Crippen LogP contribution in [0.25, 0.3) is 0 Å². The predicted octanol–water partition coefficient (Wildman–Crippen LogP) is 1.79. The number of hydrogen-bond donors (Lipinski definition) is 3. The second-order valence-electron chi connectivity index (χ2n) is 3.99. The predicted molar refractivity (Wildman–Crippen MR) is 65.8 cm³/mol. The number of benzene rings is 1. The lowest BCUT2D eigenvalue weighted by molar-refractivity contribution is -0.133. The van der Waals surface area contributed by atoms with Crippen LogP contribution < -0.4 is 10.6 Å². The maximum absolute atomic E-state index is 11.5. The number of amides is 2. The van der Waals surface area contributed by atoms with Gasteiger partial charge in [-0.15, -0.1) is 0 Å². The molecule has 5 heteroatoms. The van der Waals surface area contributed by atoms with Crippen LogP contribution in [0.2, 0.25) is 0 Å². The average molecular weight is 246 g/mol. The maximum atomic E-state index is 11.5. The van der Waals surface area contributed by atoms with Gasteiger partial charge in [-0.2, -0.15) is 0 Å². The van der Waals surface area contributed by atoms with Gasteiger partial charge in [-0.25, -0.2) is 9.59 Å². The molecule has 0 saturated carbocycles. The number of rotatable bonds is 3. The highest BCUT2D eigenvalue weighted by Crippen LogP contribution is 2.27. The second-order valence-corrected chi connectivity index (χ2v) is 3.99. The fourth-order valence-electron chi connectivity index (χ4n) is 2.04. The number of hydrogen-bond acceptors (Lipinski definition) is 2. The van der Waals surface area contributed by atoms with Gasteiger partial charge in [0.15, 0.2) is 0 Å². The fraction of sp³-hybridized carbons (Fsp3) is 0.231. The normalized spacial score (nSPS) is 19.2. The minimum atomic E-state index is -1.02. The molecule has 0 spiro atoms. The van der Waals surface area contributed by atoms with Crippen LogP contribution in [-0.2, 0) is 4.79 Å². The Morgan fingerprint density at radius 3 is 2.56 bits per heavy atom. The summed E-state index contributed by atoms with van der Waals surface area (Å²) in [5, 5.41) is 14.5. The Bertz CT molecular complexity index is 508. The summed E-state index contributed by atoms with van der Waals surface area (Å²) in [5.41, 5.74) is 1.42. The van der Waals surface area contributed by atoms with Crippen molar-refractivity contribution in [2.75, 3.05) is 0 Å². The molecule has 0 fully saturated rings. The van der Waals surface area contributed by atoms with E-state index in [0.29, 0.717) is 12.1 Å². The molecule has 0 unspecified atom stereocenters. The number of aliphatic carboxylic acids is 1. The molecule has 3 N–H and O–H groups in total. The van der Waals surface area contributed by atoms with Crippen LogP contribution >= 0.6 is 0 Å². The van der Waals surface area contributed by atoms with E-state index < -0.39 is 12.0 Å². The summed E-state index contributed by atoms with van der Waals surface area (Å²) in [7, 11) is 0. The number of carbonyl (C=O) groups excluding carboxylic acids is 1. The molecular weight excluding hydrogens is 232 g/mol. The van der Waals surface area contributed by atoms with Gasteiger partial charge in [-0.3, -0.25) is 0 Å². The summed E-state index contributed by atoms with van der Waals surface area (Å²) in [4.78, 5) is 22.9. The van der Waals surface area contributed by atoms with Crippen LogP contribution in [-0.4, -0.2) is 17.1 Å². The van der Waals surface area contributed by atoms with Crippen molar-refractivity contribution in [3.05, 3.63) is 47.2 Å². The van der Waals surface area contributed by atoms with E-state index in [1.54, 1.807) is 12.1 Å². The van der Waals surface area contributed by atoms with Crippen molar-refractivity contribution in [2.45, 2.75) is 19.4 Å². The minimum Gasteiger partial charge on any atom is -0.478 e. The molecule has 0 saturated heterocycles. The number of nitrogens with one attached hydrogen (secondary N) is 2. The van der Waals surface area contributed by atoms with Crippen LogP contribution in [0.4, 0.5) is 4.79 Å². The monoisotopic (exact) mass is 246 g/mol. The first-order valence-electron chi connectivity index (χ1n) is 5.72. The number of carboxylic acids is 1. The highest BCUT2D eigenvalue weighted by atomic mass is 16.4. The average Bonchev–Trinajstić information content (AvgIpc) is 2.38. The molecule has 1 aromatic rings. The highest BCUT2D eigenvalue weighted by Gasteiger charge is 2.31. The Labute approximate surface area is 105 Å². The smallest absolute Gasteiger partial charge is 0.335 e. The molecule has 2 amide bonds. The van der Waals surface area contributed by atoms with Gasteiger partial charge in [-0.05, 0) is 12.0 Å². The molecule has 5 nitrogen and oxygen atoms in total. The first-order valence-corrected chi connectivity index (χ1v) is 5.72. The maximum Gasteiger partial charge on any atom is 0.335 e. The Kier molecular flexibility index (Phi) is 3.32. The minimum absolute atomic E-state index is 0.198. The van der Waals surface area contributed by atoms with E-state index in [1.165, 1.54) is 0 Å². The third-order valence-corrected chi connectivity index (χ3v) is 2.87. The van der Waals surface area contributed by atoms with Gasteiger partial charge in [-0.1, -0.05) is 37.3 Å². The van der Waals surface area contributed by atoms with E-state index in [9.17, 15) is 14.7 Å². The quantitative estimate of drug-likeness (QED) is 0.760. The topological polar surface area (TPSA) is 78.4 Å². The molecule has 0 aliphatic carbocycles. The largest absolute Gasteiger partial charge is 0.478 e. The SMILES string of the molecule is CCC1=C(C(=O)O)[C@@H](c2ccccc2)NC(=O)N1. The second kappa shape index (κ2) is 4.91. The van der Waals surface area contributed by atoms with Gasteiger partial charge in [0, 0.05) is 5.70 Å². The lowest BCUT2D eigenvalue weighted by Gasteiger charge is -2.28. The molecular formula is C13H14N2O3. The molecule has 1 heterocycles. The number of carbonyl (C=O) groups is 2. The highest BCUT2D eigenvalue weighted by molar-refractivity contribution is 5.93. The van der Waals surface area contributed by atoms with Gasteiger partial charge < -0.3 is 15.7 Å². The van der Waals surface area contributed by atoms with Gasteiger partial charge >= 0.3 is 12.0 Å². The van der Waals surface area contributed by atoms with E-state index in [4.69, 9.17) is 0 Å². The van der Waals surface area contributed by atoms with E-state index >= 15 is 0 Å². The van der Waals surface area contributed by atoms with Crippen LogP contribution in [0.15, 0.2) is 41.6 Å². The van der Waals surface area contributed by atoms with Crippen molar-refractivity contribution >= 4 is 12.0 Å². The Hall–Kier alpha value is -2.30. The molecule has 0 bridgehead atoms. The van der Waals surface area contributed by atoms with Crippen LogP contribution in [0, 0.1) is 0 Å². The van der Waals surface area contributed by atoms with Crippen LogP contribution in [0.3, 0.4) is 0 Å². The molecule has 0 radical (unpaired) electrons. The summed E-state index contributed by atoms with van der Waals surface area (Å²) in [5.74, 6) is -1.02. The number of urea groups is 1. The lowest BCUT2D eigenvalue weighted by atomic mass is 9.94. The van der Waals surface area contributed by atoms with Crippen molar-refractivity contribution in [1.82, 2.24) is 10.6 Å². The summed E-state index contributed by atoms with van der Waals surface area (Å²) in [6, 6.07) is 8.09. The van der Waals surface area contributed by atoms with Gasteiger partial charge in [0.25, 0.3) is 0 Å². The molecule has 1 atom stereocenters. The van der Waals surface area contributed by atoms with Crippen LogP contribution in [0.1, 0.15) is 24.9 Å². The Balaban J connectivity index is 2.50. The zero-order chi connectivity index (χ0) is 13.1. The molecule has 2 rings (SSSR count). The summed E-state index contributed by atoms with van der Waals surface area (Å²) >= 11 is 0. The zero-order valence-corrected chi connectivity index (χ0v) is 9.93. The van der Waals surface area contributed by atoms with Crippen molar-refractivity contribution in [1.29, 1.82) is 0 Å². The fourth-order valence-corrected chi connectivity index (χ4v) is 2.04. The number of carboxylic acid groups (broad SMARTS) is 1. The lowest BCUT2D eigenvalue weighted by Crippen LogP contribution is -2.45. The summed E-state index contributed by atoms with van der Waals surface area (Å²) in [6.45, 7) is 1.81. The van der Waals surface area contributed by atoms with Gasteiger partial charge in [0.05, 0.1) is 11.6 Å². The van der Waals surface area contributed by atoms with E-state index in [2.05, 4.69) is 10.6 Å². The van der Waals surface area contributed by atoms with E-state index in [0.717, 1.165) is 5.56 Å². The Morgan fingerprint density at radius 1 is 1.33 bits per heavy atom. The van der Waals surface area contributed by atoms with Crippen molar-refractivity contribution < 1.29 is 14.7 Å². The summed E-state index contributed by atoms with van der Waals surface area (Å²) < 4.78 is 0. The van der Waals surface area contributed by atoms with Crippen molar-refractivity contribution in [3.8, 4) is 0 Å². The molecule has 1 aliphatic rings. The first-order chi connectivity index (χ1) is 8.63. The standard InChI is InChI=1S/C13H14N2O3/c1-2-9-10(12(16)17)11(15-13(18)14-9)8-6-4-3-5-7-8/h3-7,11H,2H2,1H3,(H,16,17)(H2,14,15,18)/t11-/m1/s1. The summed E-state index contributed by atoms with van der Waals surface area (Å²) in [6.07, 6.45) is 0.471. The number of allylic oxidation sites excluding steroid dienone is 1. The molecule has 1 aromatic carbocycles. The van der Waals surface area contributed by atoms with Crippen molar-refractivity contribution in [3.63, 3.8) is 0 Å².